The van der Waals surface area contributed by atoms with Crippen molar-refractivity contribution in [2.75, 3.05) is 0 Å². The van der Waals surface area contributed by atoms with Crippen LogP contribution >= 0.6 is 23.4 Å². The van der Waals surface area contributed by atoms with Crippen LogP contribution in [-0.4, -0.2) is 0 Å². The molecule has 2 aromatic carbocycles. The predicted molar refractivity (Wildman–Crippen MR) is 66.8 cm³/mol. The van der Waals surface area contributed by atoms with Gasteiger partial charge >= 0.3 is 0 Å². The topological polar surface area (TPSA) is 0 Å². The summed E-state index contributed by atoms with van der Waals surface area (Å²) >= 11 is 7.57. The quantitative estimate of drug-likeness (QED) is 0.719. The van der Waals surface area contributed by atoms with E-state index >= 15 is 0 Å². The largest absolute Gasteiger partial charge is 0.0901 e. The fourth-order valence-corrected chi connectivity index (χ4v) is 2.19. The van der Waals surface area contributed by atoms with Crippen LogP contribution in [0, 0.1) is 6.92 Å². The van der Waals surface area contributed by atoms with Gasteiger partial charge in [-0.2, -0.15) is 0 Å². The SMILES string of the molecule is Cc1ccc(Sc2ccc(Cl)cc2)cc1. The first kappa shape index (κ1) is 10.6. The Kier molecular flexibility index (Phi) is 3.34. The summed E-state index contributed by atoms with van der Waals surface area (Å²) in [6.45, 7) is 2.09. The van der Waals surface area contributed by atoms with Gasteiger partial charge in [-0.3, -0.25) is 0 Å². The van der Waals surface area contributed by atoms with Crippen LogP contribution < -0.4 is 0 Å². The molecular formula is C13H11ClS. The zero-order valence-electron chi connectivity index (χ0n) is 8.41. The van der Waals surface area contributed by atoms with E-state index in [1.165, 1.54) is 15.4 Å². The van der Waals surface area contributed by atoms with Gasteiger partial charge in [-0.1, -0.05) is 41.1 Å². The highest BCUT2D eigenvalue weighted by Crippen LogP contribution is 2.28. The van der Waals surface area contributed by atoms with E-state index in [9.17, 15) is 0 Å². The number of halogens is 1. The van der Waals surface area contributed by atoms with Gasteiger partial charge in [0.05, 0.1) is 0 Å². The number of aryl methyl sites for hydroxylation is 1. The molecule has 0 aliphatic rings. The van der Waals surface area contributed by atoms with E-state index in [1.54, 1.807) is 11.8 Å². The minimum absolute atomic E-state index is 0.781. The van der Waals surface area contributed by atoms with E-state index in [0.717, 1.165) is 5.02 Å². The molecule has 0 bridgehead atoms. The van der Waals surface area contributed by atoms with Gasteiger partial charge in [0.25, 0.3) is 0 Å². The fourth-order valence-electron chi connectivity index (χ4n) is 1.25. The molecule has 0 spiro atoms. The molecule has 0 amide bonds. The van der Waals surface area contributed by atoms with E-state index in [2.05, 4.69) is 31.2 Å². The standard InChI is InChI=1S/C13H11ClS/c1-10-2-6-12(7-3-10)15-13-8-4-11(14)5-9-13/h2-9H,1H3. The second-order valence-electron chi connectivity index (χ2n) is 3.37. The average Bonchev–Trinajstić information content (AvgIpc) is 2.25. The number of hydrogen-bond donors (Lipinski definition) is 0. The third-order valence-corrected chi connectivity index (χ3v) is 3.34. The molecule has 2 rings (SSSR count). The molecule has 0 radical (unpaired) electrons. The molecule has 0 fully saturated rings. The van der Waals surface area contributed by atoms with Crippen molar-refractivity contribution in [2.45, 2.75) is 16.7 Å². The highest BCUT2D eigenvalue weighted by molar-refractivity contribution is 7.99. The van der Waals surface area contributed by atoms with Gasteiger partial charge in [-0.05, 0) is 43.3 Å². The van der Waals surface area contributed by atoms with E-state index < -0.39 is 0 Å². The molecule has 0 nitrogen and oxygen atoms in total. The zero-order valence-corrected chi connectivity index (χ0v) is 9.98. The first-order valence-corrected chi connectivity index (χ1v) is 5.93. The first-order valence-electron chi connectivity index (χ1n) is 4.74. The van der Waals surface area contributed by atoms with Crippen molar-refractivity contribution in [3.8, 4) is 0 Å². The summed E-state index contributed by atoms with van der Waals surface area (Å²) in [5, 5.41) is 0.781. The minimum atomic E-state index is 0.781. The summed E-state index contributed by atoms with van der Waals surface area (Å²) in [5.74, 6) is 0. The molecule has 0 unspecified atom stereocenters. The van der Waals surface area contributed by atoms with Crippen LogP contribution in [0.4, 0.5) is 0 Å². The van der Waals surface area contributed by atoms with Crippen molar-refractivity contribution in [2.24, 2.45) is 0 Å². The summed E-state index contributed by atoms with van der Waals surface area (Å²) in [6, 6.07) is 16.4. The average molecular weight is 235 g/mol. The lowest BCUT2D eigenvalue weighted by atomic mass is 10.2. The maximum absolute atomic E-state index is 5.83. The van der Waals surface area contributed by atoms with Gasteiger partial charge in [-0.15, -0.1) is 0 Å². The van der Waals surface area contributed by atoms with Crippen LogP contribution in [0.5, 0.6) is 0 Å². The van der Waals surface area contributed by atoms with Crippen molar-refractivity contribution < 1.29 is 0 Å². The Morgan fingerprint density at radius 2 is 1.27 bits per heavy atom. The summed E-state index contributed by atoms with van der Waals surface area (Å²) in [4.78, 5) is 2.46. The summed E-state index contributed by atoms with van der Waals surface area (Å²) in [7, 11) is 0. The monoisotopic (exact) mass is 234 g/mol. The summed E-state index contributed by atoms with van der Waals surface area (Å²) < 4.78 is 0. The Morgan fingerprint density at radius 3 is 1.80 bits per heavy atom. The molecule has 0 saturated carbocycles. The summed E-state index contributed by atoms with van der Waals surface area (Å²) in [5.41, 5.74) is 1.29. The van der Waals surface area contributed by atoms with Gasteiger partial charge in [0.1, 0.15) is 0 Å². The Labute approximate surface area is 99.3 Å². The van der Waals surface area contributed by atoms with Crippen LogP contribution in [-0.2, 0) is 0 Å². The molecule has 2 aromatic rings. The molecule has 2 heteroatoms. The molecular weight excluding hydrogens is 224 g/mol. The van der Waals surface area contributed by atoms with Crippen molar-refractivity contribution in [1.82, 2.24) is 0 Å². The van der Waals surface area contributed by atoms with Crippen molar-refractivity contribution in [3.05, 3.63) is 59.1 Å². The van der Waals surface area contributed by atoms with Crippen LogP contribution in [0.1, 0.15) is 5.56 Å². The van der Waals surface area contributed by atoms with Gasteiger partial charge in [-0.25, -0.2) is 0 Å². The maximum Gasteiger partial charge on any atom is 0.0406 e. The summed E-state index contributed by atoms with van der Waals surface area (Å²) in [6.07, 6.45) is 0. The van der Waals surface area contributed by atoms with Gasteiger partial charge in [0, 0.05) is 14.8 Å². The molecule has 15 heavy (non-hydrogen) atoms. The molecule has 76 valence electrons. The number of hydrogen-bond acceptors (Lipinski definition) is 1. The highest BCUT2D eigenvalue weighted by Gasteiger charge is 1.96. The van der Waals surface area contributed by atoms with Crippen LogP contribution in [0.3, 0.4) is 0 Å². The lowest BCUT2D eigenvalue weighted by Crippen LogP contribution is -1.74. The molecule has 0 saturated heterocycles. The molecule has 0 aliphatic carbocycles. The Hall–Kier alpha value is -0.920. The minimum Gasteiger partial charge on any atom is -0.0901 e. The predicted octanol–water partition coefficient (Wildman–Crippen LogP) is 4.80. The van der Waals surface area contributed by atoms with Crippen molar-refractivity contribution in [3.63, 3.8) is 0 Å². The molecule has 0 aromatic heterocycles. The molecule has 0 aliphatic heterocycles. The Morgan fingerprint density at radius 1 is 0.800 bits per heavy atom. The van der Waals surface area contributed by atoms with Gasteiger partial charge in [0.15, 0.2) is 0 Å². The number of benzene rings is 2. The third-order valence-electron chi connectivity index (χ3n) is 2.07. The van der Waals surface area contributed by atoms with Crippen molar-refractivity contribution >= 4 is 23.4 Å². The lowest BCUT2D eigenvalue weighted by Gasteiger charge is -2.01. The fraction of sp³-hybridized carbons (Fsp3) is 0.0769. The Balaban J connectivity index is 2.15. The smallest absolute Gasteiger partial charge is 0.0406 e. The van der Waals surface area contributed by atoms with Gasteiger partial charge < -0.3 is 0 Å². The van der Waals surface area contributed by atoms with Crippen LogP contribution in [0.2, 0.25) is 5.02 Å². The van der Waals surface area contributed by atoms with E-state index in [0.29, 0.717) is 0 Å². The van der Waals surface area contributed by atoms with Crippen LogP contribution in [0.25, 0.3) is 0 Å². The first-order chi connectivity index (χ1) is 7.24. The zero-order chi connectivity index (χ0) is 10.7. The van der Waals surface area contributed by atoms with Gasteiger partial charge in [0.2, 0.25) is 0 Å². The molecule has 0 atom stereocenters. The molecule has 0 heterocycles. The van der Waals surface area contributed by atoms with Crippen LogP contribution in [0.15, 0.2) is 58.3 Å². The normalized spacial score (nSPS) is 10.3. The van der Waals surface area contributed by atoms with Crippen molar-refractivity contribution in [1.29, 1.82) is 0 Å². The Bertz CT molecular complexity index is 388. The highest BCUT2D eigenvalue weighted by atomic mass is 35.5. The van der Waals surface area contributed by atoms with E-state index in [4.69, 9.17) is 11.6 Å². The second-order valence-corrected chi connectivity index (χ2v) is 4.95. The maximum atomic E-state index is 5.83. The second kappa shape index (κ2) is 4.73. The van der Waals surface area contributed by atoms with E-state index in [-0.39, 0.29) is 0 Å². The number of rotatable bonds is 2. The van der Waals surface area contributed by atoms with E-state index in [1.807, 2.05) is 24.3 Å². The lowest BCUT2D eigenvalue weighted by molar-refractivity contribution is 1.36. The molecule has 0 N–H and O–H groups in total. The third kappa shape index (κ3) is 3.01.